The number of nitrogens with zero attached hydrogens (tertiary/aromatic N) is 8. The standard InChI is InChI=1S/C35H38BrN9O3/c1-20-7-10-30(36)39-33(20)40-34(48)28-13-23(17-43-12-11-29(41-43)35(4,5)6)18-44(28)31(47)19-45-27-9-8-24(25-15-37-22(3)38-16-25)14-26(27)32(42-45)21(2)46/h7-12,14-16,23,28H,13,17-19H2,1-6H3,(H,39,40,48). The molecular formula is C35H38BrN9O3. The second-order valence-corrected chi connectivity index (χ2v) is 14.3. The average molecular weight is 713 g/mol. The fourth-order valence-corrected chi connectivity index (χ4v) is 6.35. The predicted molar refractivity (Wildman–Crippen MR) is 185 cm³/mol. The van der Waals surface area contributed by atoms with E-state index in [1.54, 1.807) is 22.0 Å². The average Bonchev–Trinajstić information content (AvgIpc) is 3.77. The number of carbonyl (C=O) groups is 3. The number of rotatable bonds is 8. The van der Waals surface area contributed by atoms with Crippen molar-refractivity contribution >= 4 is 50.2 Å². The predicted octanol–water partition coefficient (Wildman–Crippen LogP) is 5.52. The SMILES string of the molecule is CC(=O)c1nn(CC(=O)N2CC(Cn3ccc(C(C)(C)C)n3)CC2C(=O)Nc2nc(Br)ccc2C)c2ccc(-c3cnc(C)nc3)cc12. The van der Waals surface area contributed by atoms with Crippen molar-refractivity contribution < 1.29 is 14.4 Å². The Hall–Kier alpha value is -4.78. The molecule has 1 fully saturated rings. The van der Waals surface area contributed by atoms with Crippen LogP contribution in [0.1, 0.15) is 61.7 Å². The summed E-state index contributed by atoms with van der Waals surface area (Å²) in [6, 6.07) is 10.6. The smallest absolute Gasteiger partial charge is 0.248 e. The Balaban J connectivity index is 1.29. The van der Waals surface area contributed by atoms with E-state index in [1.165, 1.54) is 6.92 Å². The third-order valence-electron chi connectivity index (χ3n) is 8.65. The van der Waals surface area contributed by atoms with Crippen LogP contribution in [0.5, 0.6) is 0 Å². The highest BCUT2D eigenvalue weighted by molar-refractivity contribution is 9.10. The Morgan fingerprint density at radius 3 is 2.44 bits per heavy atom. The van der Waals surface area contributed by atoms with Gasteiger partial charge in [0.1, 0.15) is 34.5 Å². The van der Waals surface area contributed by atoms with Crippen molar-refractivity contribution in [3.63, 3.8) is 0 Å². The van der Waals surface area contributed by atoms with Crippen LogP contribution in [0, 0.1) is 19.8 Å². The molecular weight excluding hydrogens is 674 g/mol. The maximum atomic E-state index is 14.1. The van der Waals surface area contributed by atoms with Crippen LogP contribution < -0.4 is 5.32 Å². The van der Waals surface area contributed by atoms with Crippen LogP contribution in [0.25, 0.3) is 22.0 Å². The molecule has 5 heterocycles. The molecule has 2 atom stereocenters. The van der Waals surface area contributed by atoms with Crippen LogP contribution in [0.4, 0.5) is 5.82 Å². The van der Waals surface area contributed by atoms with Crippen molar-refractivity contribution in [2.24, 2.45) is 5.92 Å². The molecule has 1 aromatic carbocycles. The van der Waals surface area contributed by atoms with Gasteiger partial charge in [-0.05, 0) is 77.5 Å². The monoisotopic (exact) mass is 711 g/mol. The van der Waals surface area contributed by atoms with Crippen molar-refractivity contribution in [3.05, 3.63) is 82.4 Å². The molecule has 0 bridgehead atoms. The van der Waals surface area contributed by atoms with Crippen LogP contribution in [0.15, 0.2) is 59.6 Å². The summed E-state index contributed by atoms with van der Waals surface area (Å²) < 4.78 is 4.04. The van der Waals surface area contributed by atoms with Crippen molar-refractivity contribution in [1.29, 1.82) is 0 Å². The van der Waals surface area contributed by atoms with Gasteiger partial charge >= 0.3 is 0 Å². The lowest BCUT2D eigenvalue weighted by atomic mass is 9.93. The molecule has 1 N–H and O–H groups in total. The number of carbonyl (C=O) groups excluding carboxylic acids is 3. The van der Waals surface area contributed by atoms with E-state index in [0.29, 0.717) is 46.7 Å². The van der Waals surface area contributed by atoms with Gasteiger partial charge in [0.2, 0.25) is 11.8 Å². The van der Waals surface area contributed by atoms with E-state index < -0.39 is 6.04 Å². The normalized spacial score (nSPS) is 16.4. The summed E-state index contributed by atoms with van der Waals surface area (Å²) in [4.78, 5) is 55.3. The molecule has 0 spiro atoms. The van der Waals surface area contributed by atoms with Crippen molar-refractivity contribution in [1.82, 2.24) is 39.4 Å². The largest absolute Gasteiger partial charge is 0.329 e. The third kappa shape index (κ3) is 6.91. The number of anilines is 1. The maximum absolute atomic E-state index is 14.1. The van der Waals surface area contributed by atoms with E-state index >= 15 is 0 Å². The molecule has 4 aromatic heterocycles. The van der Waals surface area contributed by atoms with E-state index in [2.05, 4.69) is 62.1 Å². The van der Waals surface area contributed by atoms with Crippen LogP contribution in [-0.4, -0.2) is 69.6 Å². The molecule has 6 rings (SSSR count). The number of likely N-dealkylation sites (tertiary alicyclic amines) is 1. The topological polar surface area (TPSA) is 141 Å². The lowest BCUT2D eigenvalue weighted by Crippen LogP contribution is -2.44. The summed E-state index contributed by atoms with van der Waals surface area (Å²) in [5.74, 6) is 0.279. The number of ketones is 1. The minimum Gasteiger partial charge on any atom is -0.329 e. The van der Waals surface area contributed by atoms with Gasteiger partial charge in [0.05, 0.1) is 11.2 Å². The number of hydrogen-bond acceptors (Lipinski definition) is 8. The summed E-state index contributed by atoms with van der Waals surface area (Å²) in [6.07, 6.45) is 5.87. The van der Waals surface area contributed by atoms with E-state index in [1.807, 2.05) is 61.1 Å². The van der Waals surface area contributed by atoms with Gasteiger partial charge in [0.25, 0.3) is 0 Å². The van der Waals surface area contributed by atoms with E-state index in [0.717, 1.165) is 22.4 Å². The second-order valence-electron chi connectivity index (χ2n) is 13.4. The lowest BCUT2D eigenvalue weighted by Gasteiger charge is -2.24. The molecule has 0 aliphatic carbocycles. The van der Waals surface area contributed by atoms with Gasteiger partial charge in [-0.1, -0.05) is 32.9 Å². The van der Waals surface area contributed by atoms with Crippen LogP contribution in [0.3, 0.4) is 0 Å². The van der Waals surface area contributed by atoms with E-state index in [-0.39, 0.29) is 41.2 Å². The molecule has 13 heteroatoms. The molecule has 248 valence electrons. The first-order valence-corrected chi connectivity index (χ1v) is 16.6. The molecule has 1 saturated heterocycles. The maximum Gasteiger partial charge on any atom is 0.248 e. The molecule has 0 saturated carbocycles. The van der Waals surface area contributed by atoms with Crippen LogP contribution in [0.2, 0.25) is 0 Å². The molecule has 2 amide bonds. The minimum atomic E-state index is -0.734. The lowest BCUT2D eigenvalue weighted by molar-refractivity contribution is -0.137. The van der Waals surface area contributed by atoms with Gasteiger partial charge in [-0.2, -0.15) is 10.2 Å². The van der Waals surface area contributed by atoms with Crippen LogP contribution in [-0.2, 0) is 28.1 Å². The van der Waals surface area contributed by atoms with Crippen molar-refractivity contribution in [3.8, 4) is 11.1 Å². The highest BCUT2D eigenvalue weighted by Crippen LogP contribution is 2.30. The first-order chi connectivity index (χ1) is 22.8. The Labute approximate surface area is 287 Å². The molecule has 1 aliphatic heterocycles. The van der Waals surface area contributed by atoms with E-state index in [4.69, 9.17) is 5.10 Å². The minimum absolute atomic E-state index is 0.0181. The van der Waals surface area contributed by atoms with Crippen molar-refractivity contribution in [2.45, 2.75) is 72.5 Å². The summed E-state index contributed by atoms with van der Waals surface area (Å²) in [5.41, 5.74) is 4.23. The Morgan fingerprint density at radius 1 is 1.00 bits per heavy atom. The first kappa shape index (κ1) is 33.1. The molecule has 2 unspecified atom stereocenters. The first-order valence-electron chi connectivity index (χ1n) is 15.8. The van der Waals surface area contributed by atoms with E-state index in [9.17, 15) is 14.4 Å². The summed E-state index contributed by atoms with van der Waals surface area (Å²) in [7, 11) is 0. The van der Waals surface area contributed by atoms with Gasteiger partial charge in [-0.25, -0.2) is 15.0 Å². The Bertz CT molecular complexity index is 2030. The highest BCUT2D eigenvalue weighted by atomic mass is 79.9. The number of amides is 2. The number of benzene rings is 1. The van der Waals surface area contributed by atoms with Gasteiger partial charge < -0.3 is 10.2 Å². The van der Waals surface area contributed by atoms with Gasteiger partial charge in [0, 0.05) is 55.0 Å². The molecule has 0 radical (unpaired) electrons. The number of hydrogen-bond donors (Lipinski definition) is 1. The fourth-order valence-electron chi connectivity index (χ4n) is 6.04. The number of nitrogens with one attached hydrogen (secondary N) is 1. The zero-order valence-corrected chi connectivity index (χ0v) is 29.4. The molecule has 5 aromatic rings. The molecule has 12 nitrogen and oxygen atoms in total. The van der Waals surface area contributed by atoms with Crippen LogP contribution >= 0.6 is 15.9 Å². The number of halogens is 1. The second kappa shape index (κ2) is 13.0. The zero-order chi connectivity index (χ0) is 34.3. The fraction of sp³-hybridized carbons (Fsp3) is 0.371. The Morgan fingerprint density at radius 2 is 1.75 bits per heavy atom. The van der Waals surface area contributed by atoms with Crippen molar-refractivity contribution in [2.75, 3.05) is 11.9 Å². The molecule has 1 aliphatic rings. The summed E-state index contributed by atoms with van der Waals surface area (Å²) in [6.45, 7) is 12.3. The third-order valence-corrected chi connectivity index (χ3v) is 9.09. The number of fused-ring (bicyclic) bond motifs is 1. The molecule has 48 heavy (non-hydrogen) atoms. The number of aromatic nitrogens is 7. The zero-order valence-electron chi connectivity index (χ0n) is 27.9. The highest BCUT2D eigenvalue weighted by Gasteiger charge is 2.40. The van der Waals surface area contributed by atoms with Gasteiger partial charge in [0.15, 0.2) is 5.78 Å². The number of pyridine rings is 1. The van der Waals surface area contributed by atoms with Gasteiger partial charge in [-0.3, -0.25) is 23.7 Å². The Kier molecular flexibility index (Phi) is 8.99. The number of aryl methyl sites for hydroxylation is 2. The summed E-state index contributed by atoms with van der Waals surface area (Å²) in [5, 5.41) is 12.9. The van der Waals surface area contributed by atoms with Gasteiger partial charge in [-0.15, -0.1) is 0 Å². The quantitative estimate of drug-likeness (QED) is 0.164. The number of Topliss-reactive ketones (excluding diaryl/α,β-unsaturated/α-hetero) is 1. The summed E-state index contributed by atoms with van der Waals surface area (Å²) >= 11 is 3.38.